The minimum Gasteiger partial charge on any atom is -0.469 e. The minimum atomic E-state index is -0.0838. The lowest BCUT2D eigenvalue weighted by atomic mass is 9.80. The van der Waals surface area contributed by atoms with Gasteiger partial charge < -0.3 is 19.0 Å². The molecule has 0 radical (unpaired) electrons. The summed E-state index contributed by atoms with van der Waals surface area (Å²) in [5, 5.41) is 0. The number of carbonyl (C=O) groups excluding carboxylic acids is 1. The van der Waals surface area contributed by atoms with Gasteiger partial charge in [0.1, 0.15) is 11.6 Å². The number of ether oxygens (including phenoxy) is 1. The first kappa shape index (κ1) is 17.0. The van der Waals surface area contributed by atoms with Crippen LogP contribution in [0.5, 0.6) is 0 Å². The van der Waals surface area contributed by atoms with E-state index in [-0.39, 0.29) is 11.3 Å². The average molecular weight is 356 g/mol. The van der Waals surface area contributed by atoms with E-state index in [0.717, 1.165) is 38.3 Å². The van der Waals surface area contributed by atoms with Crippen molar-refractivity contribution in [3.8, 4) is 0 Å². The second-order valence-electron chi connectivity index (χ2n) is 7.26. The fourth-order valence-electron chi connectivity index (χ4n) is 4.05. The van der Waals surface area contributed by atoms with E-state index in [0.29, 0.717) is 31.1 Å². The van der Waals surface area contributed by atoms with Gasteiger partial charge in [-0.3, -0.25) is 9.78 Å². The lowest BCUT2D eigenvalue weighted by Crippen LogP contribution is -2.52. The third kappa shape index (κ3) is 3.31. The Morgan fingerprint density at radius 1 is 1.27 bits per heavy atom. The standard InChI is InChI=1S/C19H24N4O3/c1-15-16(3-9-26-15)18(24)23-7-2-4-19(13-23)12-22(8-10-25-14-19)17-11-20-5-6-21-17/h3,5-6,9,11H,2,4,7-8,10,12-14H2,1H3/t19-/m1/s1. The van der Waals surface area contributed by atoms with Crippen LogP contribution in [0, 0.1) is 12.3 Å². The van der Waals surface area contributed by atoms with E-state index in [1.165, 1.54) is 0 Å². The Morgan fingerprint density at radius 3 is 2.96 bits per heavy atom. The van der Waals surface area contributed by atoms with Gasteiger partial charge in [0.2, 0.25) is 0 Å². The number of furan rings is 1. The third-order valence-electron chi connectivity index (χ3n) is 5.35. The molecule has 2 aromatic rings. The maximum absolute atomic E-state index is 12.9. The quantitative estimate of drug-likeness (QED) is 0.821. The highest BCUT2D eigenvalue weighted by Gasteiger charge is 2.41. The maximum atomic E-state index is 12.9. The average Bonchev–Trinajstić information content (AvgIpc) is 3.00. The minimum absolute atomic E-state index is 0.0469. The second kappa shape index (κ2) is 7.07. The lowest BCUT2D eigenvalue weighted by molar-refractivity contribution is 0.0134. The van der Waals surface area contributed by atoms with Crippen molar-refractivity contribution in [2.45, 2.75) is 19.8 Å². The van der Waals surface area contributed by atoms with E-state index < -0.39 is 0 Å². The molecule has 0 aliphatic carbocycles. The molecule has 1 atom stereocenters. The largest absolute Gasteiger partial charge is 0.469 e. The first-order chi connectivity index (χ1) is 12.7. The van der Waals surface area contributed by atoms with Gasteiger partial charge in [-0.05, 0) is 25.8 Å². The van der Waals surface area contributed by atoms with Crippen LogP contribution in [0.25, 0.3) is 0 Å². The molecule has 26 heavy (non-hydrogen) atoms. The van der Waals surface area contributed by atoms with Gasteiger partial charge in [0.25, 0.3) is 5.91 Å². The zero-order chi connectivity index (χ0) is 18.0. The van der Waals surface area contributed by atoms with Crippen LogP contribution < -0.4 is 4.90 Å². The van der Waals surface area contributed by atoms with E-state index >= 15 is 0 Å². The van der Waals surface area contributed by atoms with Gasteiger partial charge >= 0.3 is 0 Å². The number of anilines is 1. The molecule has 2 aromatic heterocycles. The van der Waals surface area contributed by atoms with Crippen molar-refractivity contribution in [2.24, 2.45) is 5.41 Å². The molecular formula is C19H24N4O3. The normalized spacial score (nSPS) is 23.9. The smallest absolute Gasteiger partial charge is 0.257 e. The molecule has 0 unspecified atom stereocenters. The molecule has 7 nitrogen and oxygen atoms in total. The van der Waals surface area contributed by atoms with Gasteiger partial charge in [0.05, 0.1) is 31.2 Å². The van der Waals surface area contributed by atoms with Crippen LogP contribution in [0.15, 0.2) is 35.3 Å². The van der Waals surface area contributed by atoms with Gasteiger partial charge in [0.15, 0.2) is 0 Å². The molecule has 1 spiro atoms. The predicted molar refractivity (Wildman–Crippen MR) is 96.1 cm³/mol. The zero-order valence-electron chi connectivity index (χ0n) is 15.1. The number of piperidine rings is 1. The van der Waals surface area contributed by atoms with Gasteiger partial charge in [-0.15, -0.1) is 0 Å². The fourth-order valence-corrected chi connectivity index (χ4v) is 4.05. The highest BCUT2D eigenvalue weighted by atomic mass is 16.5. The molecule has 2 aliphatic rings. The Balaban J connectivity index is 1.54. The van der Waals surface area contributed by atoms with E-state index in [2.05, 4.69) is 14.9 Å². The topological polar surface area (TPSA) is 71.7 Å². The monoisotopic (exact) mass is 356 g/mol. The van der Waals surface area contributed by atoms with Gasteiger partial charge in [0, 0.05) is 44.0 Å². The Hall–Kier alpha value is -2.41. The van der Waals surface area contributed by atoms with Crippen LogP contribution in [0.2, 0.25) is 0 Å². The highest BCUT2D eigenvalue weighted by molar-refractivity contribution is 5.95. The Bertz CT molecular complexity index is 763. The van der Waals surface area contributed by atoms with Crippen LogP contribution in [0.3, 0.4) is 0 Å². The van der Waals surface area contributed by atoms with Crippen molar-refractivity contribution in [3.63, 3.8) is 0 Å². The zero-order valence-corrected chi connectivity index (χ0v) is 15.1. The summed E-state index contributed by atoms with van der Waals surface area (Å²) in [6.45, 7) is 6.22. The fraction of sp³-hybridized carbons (Fsp3) is 0.526. The van der Waals surface area contributed by atoms with Crippen LogP contribution in [-0.2, 0) is 4.74 Å². The van der Waals surface area contributed by atoms with Gasteiger partial charge in [-0.1, -0.05) is 0 Å². The number of amides is 1. The summed E-state index contributed by atoms with van der Waals surface area (Å²) in [5.74, 6) is 1.59. The number of nitrogens with zero attached hydrogens (tertiary/aromatic N) is 4. The molecule has 0 aromatic carbocycles. The number of hydrogen-bond acceptors (Lipinski definition) is 6. The predicted octanol–water partition coefficient (Wildman–Crippen LogP) is 2.14. The molecule has 2 saturated heterocycles. The van der Waals surface area contributed by atoms with E-state index in [9.17, 15) is 4.79 Å². The molecule has 0 saturated carbocycles. The molecule has 138 valence electrons. The number of aromatic nitrogens is 2. The summed E-state index contributed by atoms with van der Waals surface area (Å²) in [6, 6.07) is 1.76. The molecule has 0 N–H and O–H groups in total. The molecule has 1 amide bonds. The van der Waals surface area contributed by atoms with E-state index in [4.69, 9.17) is 9.15 Å². The summed E-state index contributed by atoms with van der Waals surface area (Å²) < 4.78 is 11.2. The van der Waals surface area contributed by atoms with E-state index in [1.54, 1.807) is 30.9 Å². The third-order valence-corrected chi connectivity index (χ3v) is 5.35. The number of aryl methyl sites for hydroxylation is 1. The molecule has 4 rings (SSSR count). The van der Waals surface area contributed by atoms with Crippen molar-refractivity contribution < 1.29 is 13.9 Å². The van der Waals surface area contributed by atoms with Crippen LogP contribution in [0.1, 0.15) is 29.0 Å². The summed E-state index contributed by atoms with van der Waals surface area (Å²) >= 11 is 0. The summed E-state index contributed by atoms with van der Waals surface area (Å²) in [4.78, 5) is 25.8. The van der Waals surface area contributed by atoms with E-state index in [1.807, 2.05) is 11.8 Å². The van der Waals surface area contributed by atoms with Crippen molar-refractivity contribution in [3.05, 3.63) is 42.2 Å². The first-order valence-corrected chi connectivity index (χ1v) is 9.09. The maximum Gasteiger partial charge on any atom is 0.257 e. The summed E-state index contributed by atoms with van der Waals surface area (Å²) in [6.07, 6.45) is 8.78. The molecule has 4 heterocycles. The van der Waals surface area contributed by atoms with Crippen LogP contribution >= 0.6 is 0 Å². The van der Waals surface area contributed by atoms with Crippen LogP contribution in [0.4, 0.5) is 5.82 Å². The molecule has 2 fully saturated rings. The Morgan fingerprint density at radius 2 is 2.19 bits per heavy atom. The SMILES string of the molecule is Cc1occc1C(=O)N1CCC[C@]2(COCCN(c3cnccn3)C2)C1. The number of hydrogen-bond donors (Lipinski definition) is 0. The molecule has 0 bridgehead atoms. The van der Waals surface area contributed by atoms with Crippen molar-refractivity contribution >= 4 is 11.7 Å². The molecule has 2 aliphatic heterocycles. The number of likely N-dealkylation sites (tertiary alicyclic amines) is 1. The van der Waals surface area contributed by atoms with Gasteiger partial charge in [-0.25, -0.2) is 4.98 Å². The Labute approximate surface area is 153 Å². The Kier molecular flexibility index (Phi) is 4.63. The van der Waals surface area contributed by atoms with Crippen LogP contribution in [-0.4, -0.2) is 60.2 Å². The van der Waals surface area contributed by atoms with Crippen molar-refractivity contribution in [2.75, 3.05) is 44.3 Å². The van der Waals surface area contributed by atoms with Gasteiger partial charge in [-0.2, -0.15) is 0 Å². The molecule has 7 heteroatoms. The number of carbonyl (C=O) groups is 1. The lowest BCUT2D eigenvalue weighted by Gasteiger charge is -2.43. The highest BCUT2D eigenvalue weighted by Crippen LogP contribution is 2.34. The van der Waals surface area contributed by atoms with Crippen molar-refractivity contribution in [1.82, 2.24) is 14.9 Å². The number of rotatable bonds is 2. The molecular weight excluding hydrogens is 332 g/mol. The second-order valence-corrected chi connectivity index (χ2v) is 7.26. The van der Waals surface area contributed by atoms with Crippen molar-refractivity contribution in [1.29, 1.82) is 0 Å². The summed E-state index contributed by atoms with van der Waals surface area (Å²) in [5.41, 5.74) is 0.571. The summed E-state index contributed by atoms with van der Waals surface area (Å²) in [7, 11) is 0. The first-order valence-electron chi connectivity index (χ1n) is 9.09.